The number of halogens is 1. The molecular formula is C14H20ClNO. The number of hydrogen-bond donors (Lipinski definition) is 1. The van der Waals surface area contributed by atoms with Crippen LogP contribution >= 0.6 is 11.6 Å². The van der Waals surface area contributed by atoms with E-state index in [9.17, 15) is 0 Å². The molecule has 3 heteroatoms. The van der Waals surface area contributed by atoms with E-state index in [4.69, 9.17) is 16.3 Å². The standard InChI is InChI=1S/C14H20ClNO/c1-10-8-13(15)5-4-12(10)9-16-14(3)6-7-17-11(14)2/h4-5,8,11,16H,6-7,9H2,1-3H3. The molecule has 0 radical (unpaired) electrons. The molecule has 1 aliphatic heterocycles. The van der Waals surface area contributed by atoms with Crippen LogP contribution in [0.1, 0.15) is 31.4 Å². The lowest BCUT2D eigenvalue weighted by Gasteiger charge is -2.29. The third-order valence-electron chi connectivity index (χ3n) is 3.87. The zero-order valence-corrected chi connectivity index (χ0v) is 11.5. The van der Waals surface area contributed by atoms with Crippen molar-refractivity contribution < 1.29 is 4.74 Å². The molecule has 0 aliphatic carbocycles. The highest BCUT2D eigenvalue weighted by molar-refractivity contribution is 6.30. The van der Waals surface area contributed by atoms with Gasteiger partial charge in [0.2, 0.25) is 0 Å². The quantitative estimate of drug-likeness (QED) is 0.893. The normalized spacial score (nSPS) is 28.6. The highest BCUT2D eigenvalue weighted by Crippen LogP contribution is 2.26. The molecule has 2 nitrogen and oxygen atoms in total. The molecule has 2 unspecified atom stereocenters. The van der Waals surface area contributed by atoms with Gasteiger partial charge in [0.25, 0.3) is 0 Å². The summed E-state index contributed by atoms with van der Waals surface area (Å²) in [6.45, 7) is 8.18. The number of aryl methyl sites for hydroxylation is 1. The van der Waals surface area contributed by atoms with E-state index in [2.05, 4.69) is 32.2 Å². The van der Waals surface area contributed by atoms with Crippen molar-refractivity contribution >= 4 is 11.6 Å². The van der Waals surface area contributed by atoms with Crippen LogP contribution in [0.5, 0.6) is 0 Å². The van der Waals surface area contributed by atoms with Gasteiger partial charge in [0.1, 0.15) is 0 Å². The van der Waals surface area contributed by atoms with Crippen molar-refractivity contribution in [2.24, 2.45) is 0 Å². The summed E-state index contributed by atoms with van der Waals surface area (Å²) in [6.07, 6.45) is 1.34. The summed E-state index contributed by atoms with van der Waals surface area (Å²) < 4.78 is 5.62. The van der Waals surface area contributed by atoms with E-state index in [1.54, 1.807) is 0 Å². The molecule has 0 saturated carbocycles. The van der Waals surface area contributed by atoms with Crippen molar-refractivity contribution in [3.63, 3.8) is 0 Å². The van der Waals surface area contributed by atoms with Crippen LogP contribution < -0.4 is 5.32 Å². The largest absolute Gasteiger partial charge is 0.377 e. The van der Waals surface area contributed by atoms with E-state index < -0.39 is 0 Å². The zero-order valence-electron chi connectivity index (χ0n) is 10.7. The van der Waals surface area contributed by atoms with Crippen LogP contribution in [-0.2, 0) is 11.3 Å². The highest BCUT2D eigenvalue weighted by atomic mass is 35.5. The van der Waals surface area contributed by atoms with Gasteiger partial charge in [0.15, 0.2) is 0 Å². The molecule has 1 aromatic carbocycles. The van der Waals surface area contributed by atoms with Gasteiger partial charge in [-0.15, -0.1) is 0 Å². The smallest absolute Gasteiger partial charge is 0.0726 e. The summed E-state index contributed by atoms with van der Waals surface area (Å²) in [5.74, 6) is 0. The van der Waals surface area contributed by atoms with Crippen LogP contribution in [0, 0.1) is 6.92 Å². The number of ether oxygens (including phenoxy) is 1. The molecule has 0 bridgehead atoms. The van der Waals surface area contributed by atoms with Gasteiger partial charge in [0.05, 0.1) is 6.10 Å². The van der Waals surface area contributed by atoms with E-state index in [0.29, 0.717) is 0 Å². The summed E-state index contributed by atoms with van der Waals surface area (Å²) in [7, 11) is 0. The van der Waals surface area contributed by atoms with Gasteiger partial charge >= 0.3 is 0 Å². The van der Waals surface area contributed by atoms with Gasteiger partial charge in [-0.05, 0) is 50.5 Å². The van der Waals surface area contributed by atoms with Crippen LogP contribution in [0.3, 0.4) is 0 Å². The SMILES string of the molecule is Cc1cc(Cl)ccc1CNC1(C)CCOC1C. The topological polar surface area (TPSA) is 21.3 Å². The van der Waals surface area contributed by atoms with Crippen molar-refractivity contribution in [3.8, 4) is 0 Å². The summed E-state index contributed by atoms with van der Waals surface area (Å²) in [4.78, 5) is 0. The van der Waals surface area contributed by atoms with Gasteiger partial charge in [-0.2, -0.15) is 0 Å². The van der Waals surface area contributed by atoms with Crippen molar-refractivity contribution in [2.45, 2.75) is 45.4 Å². The number of rotatable bonds is 3. The maximum atomic E-state index is 5.95. The zero-order chi connectivity index (χ0) is 12.5. The molecule has 2 atom stereocenters. The molecule has 94 valence electrons. The third-order valence-corrected chi connectivity index (χ3v) is 4.11. The molecule has 0 amide bonds. The molecule has 0 spiro atoms. The second-order valence-electron chi connectivity index (χ2n) is 5.10. The minimum atomic E-state index is 0.0894. The Morgan fingerprint density at radius 1 is 1.53 bits per heavy atom. The molecule has 2 rings (SSSR count). The molecule has 1 aromatic rings. The molecular weight excluding hydrogens is 234 g/mol. The van der Waals surface area contributed by atoms with Crippen LogP contribution in [0.4, 0.5) is 0 Å². The maximum absolute atomic E-state index is 5.95. The fourth-order valence-corrected chi connectivity index (χ4v) is 2.45. The molecule has 1 fully saturated rings. The van der Waals surface area contributed by atoms with Gasteiger partial charge in [-0.25, -0.2) is 0 Å². The molecule has 1 N–H and O–H groups in total. The van der Waals surface area contributed by atoms with Gasteiger partial charge < -0.3 is 10.1 Å². The first-order valence-electron chi connectivity index (χ1n) is 6.13. The number of hydrogen-bond acceptors (Lipinski definition) is 2. The average molecular weight is 254 g/mol. The van der Waals surface area contributed by atoms with Gasteiger partial charge in [0, 0.05) is 23.7 Å². The lowest BCUT2D eigenvalue weighted by atomic mass is 9.94. The molecule has 1 saturated heterocycles. The lowest BCUT2D eigenvalue weighted by molar-refractivity contribution is 0.0881. The molecule has 0 aromatic heterocycles. The van der Waals surface area contributed by atoms with Gasteiger partial charge in [-0.1, -0.05) is 17.7 Å². The fourth-order valence-electron chi connectivity index (χ4n) is 2.22. The Hall–Kier alpha value is -0.570. The Bertz CT molecular complexity index is 407. The molecule has 17 heavy (non-hydrogen) atoms. The minimum Gasteiger partial charge on any atom is -0.377 e. The average Bonchev–Trinajstić information content (AvgIpc) is 2.59. The van der Waals surface area contributed by atoms with E-state index in [1.807, 2.05) is 12.1 Å². The van der Waals surface area contributed by atoms with Crippen molar-refractivity contribution in [2.75, 3.05) is 6.61 Å². The fraction of sp³-hybridized carbons (Fsp3) is 0.571. The Balaban J connectivity index is 2.02. The summed E-state index contributed by atoms with van der Waals surface area (Å²) in [5, 5.41) is 4.42. The van der Waals surface area contributed by atoms with Crippen molar-refractivity contribution in [3.05, 3.63) is 34.3 Å². The van der Waals surface area contributed by atoms with Crippen LogP contribution in [0.25, 0.3) is 0 Å². The Labute approximate surface area is 108 Å². The first kappa shape index (κ1) is 12.9. The molecule has 1 aliphatic rings. The number of nitrogens with one attached hydrogen (secondary N) is 1. The summed E-state index contributed by atoms with van der Waals surface area (Å²) in [6, 6.07) is 6.05. The van der Waals surface area contributed by atoms with Gasteiger partial charge in [-0.3, -0.25) is 0 Å². The minimum absolute atomic E-state index is 0.0894. The Morgan fingerprint density at radius 2 is 2.29 bits per heavy atom. The lowest BCUT2D eigenvalue weighted by Crippen LogP contribution is -2.47. The molecule has 1 heterocycles. The number of benzene rings is 1. The summed E-state index contributed by atoms with van der Waals surface area (Å²) in [5.41, 5.74) is 2.63. The van der Waals surface area contributed by atoms with E-state index in [1.165, 1.54) is 11.1 Å². The Kier molecular flexibility index (Phi) is 3.76. The van der Waals surface area contributed by atoms with Crippen LogP contribution in [0.2, 0.25) is 5.02 Å². The van der Waals surface area contributed by atoms with Crippen molar-refractivity contribution in [1.82, 2.24) is 5.32 Å². The first-order chi connectivity index (χ1) is 8.01. The monoisotopic (exact) mass is 253 g/mol. The highest BCUT2D eigenvalue weighted by Gasteiger charge is 2.36. The van der Waals surface area contributed by atoms with Crippen LogP contribution in [-0.4, -0.2) is 18.2 Å². The predicted octanol–water partition coefficient (Wildman–Crippen LogP) is 3.31. The van der Waals surface area contributed by atoms with Crippen LogP contribution in [0.15, 0.2) is 18.2 Å². The second-order valence-corrected chi connectivity index (χ2v) is 5.54. The van der Waals surface area contributed by atoms with E-state index in [0.717, 1.165) is 24.6 Å². The first-order valence-corrected chi connectivity index (χ1v) is 6.51. The van der Waals surface area contributed by atoms with E-state index >= 15 is 0 Å². The van der Waals surface area contributed by atoms with Crippen molar-refractivity contribution in [1.29, 1.82) is 0 Å². The summed E-state index contributed by atoms with van der Waals surface area (Å²) >= 11 is 5.95. The maximum Gasteiger partial charge on any atom is 0.0726 e. The van der Waals surface area contributed by atoms with E-state index in [-0.39, 0.29) is 11.6 Å². The third kappa shape index (κ3) is 2.82. The second kappa shape index (κ2) is 4.97. The predicted molar refractivity (Wildman–Crippen MR) is 71.5 cm³/mol. The Morgan fingerprint density at radius 3 is 2.88 bits per heavy atom.